The standard InChI is InChI=1S/C17H20BrNO2/c1-11-6-5-7-13(8-11)17(3,4)10-19-16(20)15-12(2)9-14(18)21-15/h5-9H,10H2,1-4H3,(H,19,20). The van der Waals surface area contributed by atoms with Gasteiger partial charge in [-0.25, -0.2) is 0 Å². The van der Waals surface area contributed by atoms with Crippen LogP contribution in [-0.4, -0.2) is 12.5 Å². The van der Waals surface area contributed by atoms with Crippen LogP contribution in [0.2, 0.25) is 0 Å². The molecule has 21 heavy (non-hydrogen) atoms. The molecule has 1 aromatic heterocycles. The van der Waals surface area contributed by atoms with E-state index in [4.69, 9.17) is 4.42 Å². The molecule has 0 aliphatic rings. The van der Waals surface area contributed by atoms with Crippen LogP contribution in [-0.2, 0) is 5.41 Å². The average Bonchev–Trinajstić information content (AvgIpc) is 2.75. The minimum atomic E-state index is -0.182. The summed E-state index contributed by atoms with van der Waals surface area (Å²) in [4.78, 5) is 12.2. The Morgan fingerprint density at radius 1 is 1.29 bits per heavy atom. The summed E-state index contributed by atoms with van der Waals surface area (Å²) in [7, 11) is 0. The Hall–Kier alpha value is -1.55. The first kappa shape index (κ1) is 15.8. The van der Waals surface area contributed by atoms with Crippen LogP contribution in [0.3, 0.4) is 0 Å². The van der Waals surface area contributed by atoms with Crippen LogP contribution in [0.1, 0.15) is 41.1 Å². The van der Waals surface area contributed by atoms with E-state index < -0.39 is 0 Å². The van der Waals surface area contributed by atoms with E-state index in [0.717, 1.165) is 5.56 Å². The zero-order valence-corrected chi connectivity index (χ0v) is 14.4. The fourth-order valence-corrected chi connectivity index (χ4v) is 2.72. The molecular formula is C17H20BrNO2. The lowest BCUT2D eigenvalue weighted by Gasteiger charge is -2.26. The van der Waals surface area contributed by atoms with Gasteiger partial charge in [0.15, 0.2) is 10.4 Å². The van der Waals surface area contributed by atoms with Crippen LogP contribution >= 0.6 is 15.9 Å². The highest BCUT2D eigenvalue weighted by Crippen LogP contribution is 2.24. The summed E-state index contributed by atoms with van der Waals surface area (Å²) < 4.78 is 5.94. The number of nitrogens with one attached hydrogen (secondary N) is 1. The molecule has 0 atom stereocenters. The summed E-state index contributed by atoms with van der Waals surface area (Å²) in [5.41, 5.74) is 3.12. The van der Waals surface area contributed by atoms with Crippen molar-refractivity contribution in [3.05, 3.63) is 57.5 Å². The van der Waals surface area contributed by atoms with Crippen molar-refractivity contribution in [2.75, 3.05) is 6.54 Å². The SMILES string of the molecule is Cc1cccc(C(C)(C)CNC(=O)c2oc(Br)cc2C)c1. The summed E-state index contributed by atoms with van der Waals surface area (Å²) in [6.45, 7) is 8.71. The molecule has 3 nitrogen and oxygen atoms in total. The van der Waals surface area contributed by atoms with Gasteiger partial charge in [0.2, 0.25) is 0 Å². The third kappa shape index (κ3) is 3.76. The molecule has 0 radical (unpaired) electrons. The molecule has 0 aliphatic heterocycles. The van der Waals surface area contributed by atoms with E-state index in [1.807, 2.05) is 13.0 Å². The molecule has 1 N–H and O–H groups in total. The minimum Gasteiger partial charge on any atom is -0.444 e. The molecule has 0 aliphatic carbocycles. The van der Waals surface area contributed by atoms with Crippen molar-refractivity contribution in [3.8, 4) is 0 Å². The molecule has 0 bridgehead atoms. The van der Waals surface area contributed by atoms with E-state index in [1.165, 1.54) is 11.1 Å². The second kappa shape index (κ2) is 6.06. The number of carbonyl (C=O) groups excluding carboxylic acids is 1. The monoisotopic (exact) mass is 349 g/mol. The second-order valence-corrected chi connectivity index (χ2v) is 6.78. The lowest BCUT2D eigenvalue weighted by atomic mass is 9.84. The van der Waals surface area contributed by atoms with Gasteiger partial charge in [-0.1, -0.05) is 43.7 Å². The topological polar surface area (TPSA) is 42.2 Å². The molecule has 1 amide bonds. The van der Waals surface area contributed by atoms with E-state index in [-0.39, 0.29) is 11.3 Å². The van der Waals surface area contributed by atoms with Crippen molar-refractivity contribution < 1.29 is 9.21 Å². The molecule has 0 saturated carbocycles. The predicted octanol–water partition coefficient (Wildman–Crippen LogP) is 4.37. The van der Waals surface area contributed by atoms with E-state index >= 15 is 0 Å². The van der Waals surface area contributed by atoms with Crippen molar-refractivity contribution in [2.24, 2.45) is 0 Å². The molecule has 112 valence electrons. The van der Waals surface area contributed by atoms with Crippen molar-refractivity contribution in [1.82, 2.24) is 5.32 Å². The van der Waals surface area contributed by atoms with Crippen molar-refractivity contribution in [3.63, 3.8) is 0 Å². The quantitative estimate of drug-likeness (QED) is 0.890. The van der Waals surface area contributed by atoms with Gasteiger partial charge in [0.1, 0.15) is 0 Å². The van der Waals surface area contributed by atoms with Gasteiger partial charge in [-0.05, 0) is 41.4 Å². The van der Waals surface area contributed by atoms with E-state index in [9.17, 15) is 4.79 Å². The van der Waals surface area contributed by atoms with Crippen LogP contribution in [0.4, 0.5) is 0 Å². The lowest BCUT2D eigenvalue weighted by Crippen LogP contribution is -2.36. The van der Waals surface area contributed by atoms with Gasteiger partial charge in [-0.15, -0.1) is 0 Å². The molecule has 0 saturated heterocycles. The summed E-state index contributed by atoms with van der Waals surface area (Å²) in [5.74, 6) is 0.181. The van der Waals surface area contributed by atoms with Gasteiger partial charge in [-0.2, -0.15) is 0 Å². The van der Waals surface area contributed by atoms with Crippen LogP contribution in [0.25, 0.3) is 0 Å². The Kier molecular flexibility index (Phi) is 4.57. The largest absolute Gasteiger partial charge is 0.444 e. The molecular weight excluding hydrogens is 330 g/mol. The minimum absolute atomic E-state index is 0.139. The summed E-state index contributed by atoms with van der Waals surface area (Å²) in [5, 5.41) is 2.96. The van der Waals surface area contributed by atoms with Gasteiger partial charge in [-0.3, -0.25) is 4.79 Å². The van der Waals surface area contributed by atoms with Crippen molar-refractivity contribution >= 4 is 21.8 Å². The number of carbonyl (C=O) groups is 1. The number of hydrogen-bond acceptors (Lipinski definition) is 2. The first-order valence-electron chi connectivity index (χ1n) is 6.91. The summed E-state index contributed by atoms with van der Waals surface area (Å²) >= 11 is 3.24. The number of furan rings is 1. The lowest BCUT2D eigenvalue weighted by molar-refractivity contribution is 0.0915. The molecule has 0 unspecified atom stereocenters. The molecule has 0 fully saturated rings. The first-order valence-corrected chi connectivity index (χ1v) is 7.70. The van der Waals surface area contributed by atoms with Gasteiger partial charge in [0.25, 0.3) is 5.91 Å². The van der Waals surface area contributed by atoms with Crippen LogP contribution < -0.4 is 5.32 Å². The second-order valence-electron chi connectivity index (χ2n) is 6.00. The highest BCUT2D eigenvalue weighted by atomic mass is 79.9. The van der Waals surface area contributed by atoms with E-state index in [1.54, 1.807) is 6.07 Å². The smallest absolute Gasteiger partial charge is 0.287 e. The zero-order chi connectivity index (χ0) is 15.6. The number of aryl methyl sites for hydroxylation is 2. The third-order valence-corrected chi connectivity index (χ3v) is 3.98. The van der Waals surface area contributed by atoms with Crippen LogP contribution in [0.5, 0.6) is 0 Å². The van der Waals surface area contributed by atoms with Crippen LogP contribution in [0.15, 0.2) is 39.4 Å². The Labute approximate surface area is 133 Å². The number of benzene rings is 1. The molecule has 0 spiro atoms. The van der Waals surface area contributed by atoms with Gasteiger partial charge < -0.3 is 9.73 Å². The molecule has 2 rings (SSSR count). The maximum Gasteiger partial charge on any atom is 0.287 e. The van der Waals surface area contributed by atoms with Crippen molar-refractivity contribution in [1.29, 1.82) is 0 Å². The molecule has 1 heterocycles. The normalized spacial score (nSPS) is 11.5. The van der Waals surface area contributed by atoms with Gasteiger partial charge in [0.05, 0.1) is 0 Å². The number of rotatable bonds is 4. The Balaban J connectivity index is 2.08. The average molecular weight is 350 g/mol. The van der Waals surface area contributed by atoms with E-state index in [2.05, 4.69) is 60.2 Å². The Bertz CT molecular complexity index is 659. The maximum atomic E-state index is 12.2. The first-order chi connectivity index (χ1) is 9.79. The maximum absolute atomic E-state index is 12.2. The van der Waals surface area contributed by atoms with Gasteiger partial charge >= 0.3 is 0 Å². The predicted molar refractivity (Wildman–Crippen MR) is 87.7 cm³/mol. The highest BCUT2D eigenvalue weighted by Gasteiger charge is 2.23. The Morgan fingerprint density at radius 2 is 2.00 bits per heavy atom. The number of halogens is 1. The highest BCUT2D eigenvalue weighted by molar-refractivity contribution is 9.10. The number of amides is 1. The Morgan fingerprint density at radius 3 is 2.57 bits per heavy atom. The van der Waals surface area contributed by atoms with Crippen molar-refractivity contribution in [2.45, 2.75) is 33.1 Å². The molecule has 2 aromatic rings. The van der Waals surface area contributed by atoms with Gasteiger partial charge in [0, 0.05) is 17.5 Å². The zero-order valence-electron chi connectivity index (χ0n) is 12.8. The molecule has 1 aromatic carbocycles. The fourth-order valence-electron chi connectivity index (χ4n) is 2.22. The molecule has 4 heteroatoms. The summed E-state index contributed by atoms with van der Waals surface area (Å²) in [6, 6.07) is 10.2. The fraction of sp³-hybridized carbons (Fsp3) is 0.353. The van der Waals surface area contributed by atoms with Crippen LogP contribution in [0, 0.1) is 13.8 Å². The third-order valence-electron chi connectivity index (χ3n) is 3.58. The van der Waals surface area contributed by atoms with E-state index in [0.29, 0.717) is 17.0 Å². The number of hydrogen-bond donors (Lipinski definition) is 1. The summed E-state index contributed by atoms with van der Waals surface area (Å²) in [6.07, 6.45) is 0.